The zero-order valence-electron chi connectivity index (χ0n) is 9.50. The van der Waals surface area contributed by atoms with Crippen LogP contribution in [0.5, 0.6) is 0 Å². The molecule has 1 saturated heterocycles. The summed E-state index contributed by atoms with van der Waals surface area (Å²) in [4.78, 5) is 15.3. The van der Waals surface area contributed by atoms with Gasteiger partial charge in [0, 0.05) is 30.5 Å². The molecule has 1 amide bonds. The van der Waals surface area contributed by atoms with E-state index in [-0.39, 0.29) is 17.8 Å². The molecule has 2 heterocycles. The van der Waals surface area contributed by atoms with Crippen molar-refractivity contribution >= 4 is 17.7 Å². The van der Waals surface area contributed by atoms with Crippen molar-refractivity contribution in [2.45, 2.75) is 16.6 Å². The monoisotopic (exact) mass is 249 g/mol. The van der Waals surface area contributed by atoms with E-state index in [4.69, 9.17) is 5.11 Å². The molecule has 4 heteroatoms. The fourth-order valence-corrected chi connectivity index (χ4v) is 3.67. The summed E-state index contributed by atoms with van der Waals surface area (Å²) in [6, 6.07) is 8.23. The molecule has 0 aromatic heterocycles. The third kappa shape index (κ3) is 1.96. The number of hydrogen-bond donors (Lipinski definition) is 1. The van der Waals surface area contributed by atoms with Gasteiger partial charge >= 0.3 is 0 Å². The molecule has 1 unspecified atom stereocenters. The number of carbonyl (C=O) groups excluding carboxylic acids is 1. The first-order chi connectivity index (χ1) is 8.28. The van der Waals surface area contributed by atoms with E-state index in [2.05, 4.69) is 12.1 Å². The standard InChI is InChI=1S/C13H15NO2S/c15-8-9-6-14(7-9)13(16)12-5-10-3-1-2-4-11(10)17-12/h1-4,9,12,15H,5-8H2. The Hall–Kier alpha value is -1.00. The third-order valence-electron chi connectivity index (χ3n) is 3.45. The lowest BCUT2D eigenvalue weighted by molar-refractivity contribution is -0.137. The van der Waals surface area contributed by atoms with Gasteiger partial charge in [-0.25, -0.2) is 0 Å². The highest BCUT2D eigenvalue weighted by atomic mass is 32.2. The van der Waals surface area contributed by atoms with Crippen molar-refractivity contribution in [3.63, 3.8) is 0 Å². The first-order valence-corrected chi connectivity index (χ1v) is 6.80. The number of aliphatic hydroxyl groups is 1. The molecule has 1 aromatic rings. The molecule has 1 N–H and O–H groups in total. The second kappa shape index (κ2) is 4.35. The Morgan fingerprint density at radius 3 is 2.88 bits per heavy atom. The molecule has 0 bridgehead atoms. The van der Waals surface area contributed by atoms with Crippen LogP contribution >= 0.6 is 11.8 Å². The van der Waals surface area contributed by atoms with E-state index in [0.717, 1.165) is 19.5 Å². The summed E-state index contributed by atoms with van der Waals surface area (Å²) in [5.41, 5.74) is 1.29. The molecule has 3 rings (SSSR count). The van der Waals surface area contributed by atoms with Gasteiger partial charge in [0.25, 0.3) is 0 Å². The topological polar surface area (TPSA) is 40.5 Å². The Kier molecular flexibility index (Phi) is 2.84. The molecule has 2 aliphatic rings. The van der Waals surface area contributed by atoms with E-state index in [0.29, 0.717) is 5.92 Å². The molecular weight excluding hydrogens is 234 g/mol. The van der Waals surface area contributed by atoms with Gasteiger partial charge in [-0.3, -0.25) is 4.79 Å². The van der Waals surface area contributed by atoms with E-state index >= 15 is 0 Å². The molecule has 1 fully saturated rings. The first kappa shape index (κ1) is 11.1. The van der Waals surface area contributed by atoms with Crippen LogP contribution in [-0.2, 0) is 11.2 Å². The maximum absolute atomic E-state index is 12.2. The Morgan fingerprint density at radius 1 is 1.41 bits per heavy atom. The highest BCUT2D eigenvalue weighted by molar-refractivity contribution is 8.01. The molecule has 0 radical (unpaired) electrons. The zero-order valence-corrected chi connectivity index (χ0v) is 10.3. The highest BCUT2D eigenvalue weighted by Crippen LogP contribution is 2.38. The van der Waals surface area contributed by atoms with Gasteiger partial charge in [0.1, 0.15) is 0 Å². The van der Waals surface area contributed by atoms with Crippen LogP contribution in [0.2, 0.25) is 0 Å². The summed E-state index contributed by atoms with van der Waals surface area (Å²) >= 11 is 1.68. The lowest BCUT2D eigenvalue weighted by atomic mass is 10.00. The number of amides is 1. The molecule has 3 nitrogen and oxygen atoms in total. The summed E-state index contributed by atoms with van der Waals surface area (Å²) < 4.78 is 0. The number of nitrogens with zero attached hydrogens (tertiary/aromatic N) is 1. The van der Waals surface area contributed by atoms with Gasteiger partial charge in [-0.15, -0.1) is 11.8 Å². The molecule has 90 valence electrons. The van der Waals surface area contributed by atoms with Crippen LogP contribution in [0.1, 0.15) is 5.56 Å². The Balaban J connectivity index is 1.63. The molecule has 1 aromatic carbocycles. The molecule has 0 spiro atoms. The summed E-state index contributed by atoms with van der Waals surface area (Å²) in [6.07, 6.45) is 0.847. The van der Waals surface area contributed by atoms with E-state index in [1.54, 1.807) is 11.8 Å². The predicted octanol–water partition coefficient (Wildman–Crippen LogP) is 1.15. The quantitative estimate of drug-likeness (QED) is 0.855. The minimum atomic E-state index is 0.0482. The predicted molar refractivity (Wildman–Crippen MR) is 66.9 cm³/mol. The largest absolute Gasteiger partial charge is 0.396 e. The van der Waals surface area contributed by atoms with Crippen molar-refractivity contribution in [1.82, 2.24) is 4.90 Å². The van der Waals surface area contributed by atoms with Crippen LogP contribution in [0.4, 0.5) is 0 Å². The Bertz CT molecular complexity index is 418. The fourth-order valence-electron chi connectivity index (χ4n) is 2.39. The lowest BCUT2D eigenvalue weighted by Gasteiger charge is -2.39. The van der Waals surface area contributed by atoms with Crippen molar-refractivity contribution in [1.29, 1.82) is 0 Å². The van der Waals surface area contributed by atoms with Crippen LogP contribution in [-0.4, -0.2) is 40.9 Å². The van der Waals surface area contributed by atoms with Crippen LogP contribution in [0.3, 0.4) is 0 Å². The van der Waals surface area contributed by atoms with Crippen LogP contribution in [0, 0.1) is 5.92 Å². The second-order valence-corrected chi connectivity index (χ2v) is 5.95. The Morgan fingerprint density at radius 2 is 2.18 bits per heavy atom. The van der Waals surface area contributed by atoms with Gasteiger partial charge in [0.2, 0.25) is 5.91 Å². The SMILES string of the molecule is O=C(C1Cc2ccccc2S1)N1CC(CO)C1. The number of hydrogen-bond acceptors (Lipinski definition) is 3. The summed E-state index contributed by atoms with van der Waals surface area (Å²) in [7, 11) is 0. The summed E-state index contributed by atoms with van der Waals surface area (Å²) in [5, 5.41) is 9.00. The number of rotatable bonds is 2. The van der Waals surface area contributed by atoms with Gasteiger partial charge in [0.05, 0.1) is 5.25 Å². The van der Waals surface area contributed by atoms with E-state index in [1.807, 2.05) is 17.0 Å². The zero-order chi connectivity index (χ0) is 11.8. The number of aliphatic hydroxyl groups excluding tert-OH is 1. The smallest absolute Gasteiger partial charge is 0.236 e. The van der Waals surface area contributed by atoms with Crippen molar-refractivity contribution in [3.8, 4) is 0 Å². The van der Waals surface area contributed by atoms with Crippen molar-refractivity contribution < 1.29 is 9.90 Å². The van der Waals surface area contributed by atoms with Gasteiger partial charge < -0.3 is 10.0 Å². The number of carbonyl (C=O) groups is 1. The maximum Gasteiger partial charge on any atom is 0.236 e. The lowest BCUT2D eigenvalue weighted by Crippen LogP contribution is -2.53. The van der Waals surface area contributed by atoms with E-state index in [1.165, 1.54) is 10.5 Å². The molecule has 0 aliphatic carbocycles. The van der Waals surface area contributed by atoms with Crippen LogP contribution < -0.4 is 0 Å². The fraction of sp³-hybridized carbons (Fsp3) is 0.462. The van der Waals surface area contributed by atoms with Gasteiger partial charge in [0.15, 0.2) is 0 Å². The van der Waals surface area contributed by atoms with Crippen molar-refractivity contribution in [2.75, 3.05) is 19.7 Å². The van der Waals surface area contributed by atoms with Crippen LogP contribution in [0.15, 0.2) is 29.2 Å². The maximum atomic E-state index is 12.2. The van der Waals surface area contributed by atoms with Crippen molar-refractivity contribution in [3.05, 3.63) is 29.8 Å². The van der Waals surface area contributed by atoms with Gasteiger partial charge in [-0.05, 0) is 18.1 Å². The number of fused-ring (bicyclic) bond motifs is 1. The second-order valence-electron chi connectivity index (χ2n) is 4.71. The minimum Gasteiger partial charge on any atom is -0.396 e. The summed E-state index contributed by atoms with van der Waals surface area (Å²) in [6.45, 7) is 1.65. The molecule has 17 heavy (non-hydrogen) atoms. The highest BCUT2D eigenvalue weighted by Gasteiger charge is 2.36. The van der Waals surface area contributed by atoms with Gasteiger partial charge in [-0.1, -0.05) is 18.2 Å². The normalized spacial score (nSPS) is 23.4. The third-order valence-corrected chi connectivity index (χ3v) is 4.75. The number of thioether (sulfide) groups is 1. The molecular formula is C13H15NO2S. The first-order valence-electron chi connectivity index (χ1n) is 5.92. The van der Waals surface area contributed by atoms with Crippen LogP contribution in [0.25, 0.3) is 0 Å². The van der Waals surface area contributed by atoms with Crippen molar-refractivity contribution in [2.24, 2.45) is 5.92 Å². The molecule has 1 atom stereocenters. The van der Waals surface area contributed by atoms with E-state index < -0.39 is 0 Å². The van der Waals surface area contributed by atoms with E-state index in [9.17, 15) is 4.79 Å². The molecule has 0 saturated carbocycles. The average Bonchev–Trinajstić information content (AvgIpc) is 2.71. The summed E-state index contributed by atoms with van der Waals surface area (Å²) in [5.74, 6) is 0.531. The minimum absolute atomic E-state index is 0.0482. The Labute approximate surface area is 105 Å². The number of likely N-dealkylation sites (tertiary alicyclic amines) is 1. The average molecular weight is 249 g/mol. The van der Waals surface area contributed by atoms with Gasteiger partial charge in [-0.2, -0.15) is 0 Å². The molecule has 2 aliphatic heterocycles. The number of benzene rings is 1.